The van der Waals surface area contributed by atoms with Crippen LogP contribution in [0.15, 0.2) is 36.5 Å². The van der Waals surface area contributed by atoms with E-state index in [0.717, 1.165) is 44.9 Å². The molecule has 0 heterocycles. The molecule has 0 bridgehead atoms. The Labute approximate surface area is 228 Å². The Hall–Kier alpha value is -1.43. The first-order valence-corrected chi connectivity index (χ1v) is 15.3. The zero-order valence-electron chi connectivity index (χ0n) is 24.1. The van der Waals surface area contributed by atoms with Crippen molar-refractivity contribution in [2.24, 2.45) is 0 Å². The van der Waals surface area contributed by atoms with E-state index in [9.17, 15) is 20.1 Å². The standard InChI is InChI=1S/C32H59NO4/c1-3-5-7-9-11-13-15-17-18-20-22-24-26-30(35)29(28-34)33-32(37)31(36)27-25-23-21-19-16-14-12-10-8-6-4-2/h9,11,17-18,24,26,29-31,34-36H,3-8,10,12-16,19-23,25,27-28H2,1-2H3,(H,33,37)/b11-9+,18-17+,26-24+. The van der Waals surface area contributed by atoms with Gasteiger partial charge >= 0.3 is 0 Å². The van der Waals surface area contributed by atoms with Crippen molar-refractivity contribution < 1.29 is 20.1 Å². The van der Waals surface area contributed by atoms with Gasteiger partial charge in [-0.05, 0) is 38.5 Å². The fraction of sp³-hybridized carbons (Fsp3) is 0.781. The van der Waals surface area contributed by atoms with Crippen LogP contribution in [0.3, 0.4) is 0 Å². The minimum absolute atomic E-state index is 0.381. The van der Waals surface area contributed by atoms with Gasteiger partial charge in [-0.1, -0.05) is 134 Å². The Balaban J connectivity index is 3.92. The Morgan fingerprint density at radius 3 is 1.62 bits per heavy atom. The van der Waals surface area contributed by atoms with E-state index in [1.807, 2.05) is 6.08 Å². The van der Waals surface area contributed by atoms with Crippen LogP contribution in [0.2, 0.25) is 0 Å². The molecule has 0 rings (SSSR count). The van der Waals surface area contributed by atoms with E-state index in [1.54, 1.807) is 6.08 Å². The highest BCUT2D eigenvalue weighted by atomic mass is 16.3. The third kappa shape index (κ3) is 23.4. The number of hydrogen-bond acceptors (Lipinski definition) is 4. The average molecular weight is 522 g/mol. The zero-order chi connectivity index (χ0) is 27.4. The van der Waals surface area contributed by atoms with Crippen molar-refractivity contribution in [2.75, 3.05) is 6.61 Å². The van der Waals surface area contributed by atoms with Gasteiger partial charge in [0.05, 0.1) is 18.8 Å². The van der Waals surface area contributed by atoms with Crippen LogP contribution in [0.5, 0.6) is 0 Å². The van der Waals surface area contributed by atoms with Gasteiger partial charge in [0.25, 0.3) is 0 Å². The van der Waals surface area contributed by atoms with E-state index < -0.39 is 24.2 Å². The lowest BCUT2D eigenvalue weighted by atomic mass is 10.0. The normalized spacial score (nSPS) is 14.6. The number of carbonyl (C=O) groups excluding carboxylic acids is 1. The second-order valence-electron chi connectivity index (χ2n) is 10.3. The monoisotopic (exact) mass is 521 g/mol. The summed E-state index contributed by atoms with van der Waals surface area (Å²) in [6, 6.07) is -0.814. The van der Waals surface area contributed by atoms with Crippen LogP contribution >= 0.6 is 0 Å². The van der Waals surface area contributed by atoms with Gasteiger partial charge in [0, 0.05) is 0 Å². The van der Waals surface area contributed by atoms with Crippen LogP contribution in [-0.2, 0) is 4.79 Å². The van der Waals surface area contributed by atoms with Crippen LogP contribution in [0.4, 0.5) is 0 Å². The average Bonchev–Trinajstić information content (AvgIpc) is 2.90. The van der Waals surface area contributed by atoms with E-state index in [0.29, 0.717) is 6.42 Å². The topological polar surface area (TPSA) is 89.8 Å². The van der Waals surface area contributed by atoms with Crippen LogP contribution in [-0.4, -0.2) is 46.1 Å². The molecule has 0 radical (unpaired) electrons. The summed E-state index contributed by atoms with van der Waals surface area (Å²) >= 11 is 0. The third-order valence-corrected chi connectivity index (χ3v) is 6.71. The number of aliphatic hydroxyl groups is 3. The van der Waals surface area contributed by atoms with Gasteiger partial charge in [-0.3, -0.25) is 4.79 Å². The second kappa shape index (κ2) is 27.6. The molecule has 0 aliphatic heterocycles. The van der Waals surface area contributed by atoms with Crippen LogP contribution in [0, 0.1) is 0 Å². The molecule has 0 saturated heterocycles. The van der Waals surface area contributed by atoms with Gasteiger partial charge in [-0.25, -0.2) is 0 Å². The van der Waals surface area contributed by atoms with E-state index >= 15 is 0 Å². The van der Waals surface area contributed by atoms with Crippen molar-refractivity contribution in [3.8, 4) is 0 Å². The minimum atomic E-state index is -1.10. The number of aliphatic hydroxyl groups excluding tert-OH is 3. The summed E-state index contributed by atoms with van der Waals surface area (Å²) in [4.78, 5) is 12.3. The highest BCUT2D eigenvalue weighted by Gasteiger charge is 2.22. The molecule has 5 nitrogen and oxygen atoms in total. The molecule has 0 aliphatic rings. The maximum atomic E-state index is 12.3. The molecule has 5 heteroatoms. The Morgan fingerprint density at radius 1 is 0.649 bits per heavy atom. The summed E-state index contributed by atoms with van der Waals surface area (Å²) in [5.74, 6) is -0.523. The predicted octanol–water partition coefficient (Wildman–Crippen LogP) is 7.31. The Bertz CT molecular complexity index is 587. The third-order valence-electron chi connectivity index (χ3n) is 6.71. The molecule has 3 atom stereocenters. The molecule has 0 aromatic carbocycles. The first-order valence-electron chi connectivity index (χ1n) is 15.3. The summed E-state index contributed by atoms with van der Waals surface area (Å²) in [6.07, 6.45) is 31.5. The van der Waals surface area contributed by atoms with Gasteiger partial charge in [0.15, 0.2) is 0 Å². The van der Waals surface area contributed by atoms with Crippen LogP contribution in [0.25, 0.3) is 0 Å². The summed E-state index contributed by atoms with van der Waals surface area (Å²) in [5, 5.41) is 32.7. The van der Waals surface area contributed by atoms with Crippen molar-refractivity contribution in [3.05, 3.63) is 36.5 Å². The molecule has 0 fully saturated rings. The molecule has 1 amide bonds. The summed E-state index contributed by atoms with van der Waals surface area (Å²) in [6.45, 7) is 4.06. The lowest BCUT2D eigenvalue weighted by Crippen LogP contribution is -2.48. The Kier molecular flexibility index (Phi) is 26.5. The number of hydrogen-bond donors (Lipinski definition) is 4. The fourth-order valence-corrected chi connectivity index (χ4v) is 4.20. The number of nitrogens with one attached hydrogen (secondary N) is 1. The van der Waals surface area contributed by atoms with Crippen molar-refractivity contribution >= 4 is 5.91 Å². The first kappa shape index (κ1) is 35.6. The van der Waals surface area contributed by atoms with Gasteiger partial charge in [-0.2, -0.15) is 0 Å². The number of unbranched alkanes of at least 4 members (excludes halogenated alkanes) is 14. The first-order chi connectivity index (χ1) is 18.1. The molecule has 37 heavy (non-hydrogen) atoms. The SMILES string of the molecule is CCCC/C=C/CC/C=C/CC/C=C/C(O)C(CO)NC(=O)C(O)CCCCCCCCCCCCC. The van der Waals surface area contributed by atoms with E-state index in [4.69, 9.17) is 0 Å². The number of allylic oxidation sites excluding steroid dienone is 5. The lowest BCUT2D eigenvalue weighted by Gasteiger charge is -2.21. The summed E-state index contributed by atoms with van der Waals surface area (Å²) in [7, 11) is 0. The van der Waals surface area contributed by atoms with Crippen molar-refractivity contribution in [1.82, 2.24) is 5.32 Å². The maximum Gasteiger partial charge on any atom is 0.249 e. The minimum Gasteiger partial charge on any atom is -0.394 e. The zero-order valence-corrected chi connectivity index (χ0v) is 24.1. The molecule has 4 N–H and O–H groups in total. The van der Waals surface area contributed by atoms with E-state index in [1.165, 1.54) is 70.6 Å². The largest absolute Gasteiger partial charge is 0.394 e. The van der Waals surface area contributed by atoms with Gasteiger partial charge in [0.1, 0.15) is 6.10 Å². The maximum absolute atomic E-state index is 12.3. The molecule has 0 spiro atoms. The molecular formula is C32H59NO4. The highest BCUT2D eigenvalue weighted by molar-refractivity contribution is 5.80. The van der Waals surface area contributed by atoms with Gasteiger partial charge in [-0.15, -0.1) is 0 Å². The predicted molar refractivity (Wildman–Crippen MR) is 158 cm³/mol. The molecule has 0 aromatic rings. The summed E-state index contributed by atoms with van der Waals surface area (Å²) in [5.41, 5.74) is 0. The molecule has 0 aliphatic carbocycles. The summed E-state index contributed by atoms with van der Waals surface area (Å²) < 4.78 is 0. The highest BCUT2D eigenvalue weighted by Crippen LogP contribution is 2.13. The fourth-order valence-electron chi connectivity index (χ4n) is 4.20. The molecule has 0 saturated carbocycles. The number of amides is 1. The van der Waals surface area contributed by atoms with Crippen molar-refractivity contribution in [1.29, 1.82) is 0 Å². The second-order valence-corrected chi connectivity index (χ2v) is 10.3. The van der Waals surface area contributed by atoms with Crippen LogP contribution in [0.1, 0.15) is 136 Å². The van der Waals surface area contributed by atoms with Gasteiger partial charge in [0.2, 0.25) is 5.91 Å². The van der Waals surface area contributed by atoms with Crippen LogP contribution < -0.4 is 5.32 Å². The molecule has 216 valence electrons. The van der Waals surface area contributed by atoms with E-state index in [2.05, 4.69) is 43.5 Å². The number of rotatable bonds is 26. The van der Waals surface area contributed by atoms with Crippen molar-refractivity contribution in [2.45, 2.75) is 154 Å². The molecule has 3 unspecified atom stereocenters. The quantitative estimate of drug-likeness (QED) is 0.0710. The van der Waals surface area contributed by atoms with E-state index in [-0.39, 0.29) is 6.61 Å². The van der Waals surface area contributed by atoms with Crippen molar-refractivity contribution in [3.63, 3.8) is 0 Å². The number of carbonyl (C=O) groups is 1. The Morgan fingerprint density at radius 2 is 1.11 bits per heavy atom. The van der Waals surface area contributed by atoms with Gasteiger partial charge < -0.3 is 20.6 Å². The smallest absolute Gasteiger partial charge is 0.249 e. The molecule has 0 aromatic heterocycles. The molecular weight excluding hydrogens is 462 g/mol. The lowest BCUT2D eigenvalue weighted by molar-refractivity contribution is -0.131.